The van der Waals surface area contributed by atoms with Gasteiger partial charge in [-0.1, -0.05) is 0 Å². The fourth-order valence-electron chi connectivity index (χ4n) is 1.08. The number of halogens is 3. The van der Waals surface area contributed by atoms with Crippen LogP contribution in [0.4, 0.5) is 13.2 Å². The van der Waals surface area contributed by atoms with Gasteiger partial charge in [-0.25, -0.2) is 4.98 Å². The molecule has 0 aliphatic carbocycles. The molecule has 0 bridgehead atoms. The second-order valence-corrected chi connectivity index (χ2v) is 2.86. The molecule has 2 N–H and O–H groups in total. The first-order valence-corrected chi connectivity index (χ1v) is 3.68. The summed E-state index contributed by atoms with van der Waals surface area (Å²) < 4.78 is 37.2. The first-order valence-electron chi connectivity index (χ1n) is 3.68. The molecule has 3 nitrogen and oxygen atoms in total. The summed E-state index contributed by atoms with van der Waals surface area (Å²) in [5.41, 5.74) is 5.73. The molecule has 0 fully saturated rings. The summed E-state index contributed by atoms with van der Waals surface area (Å²) in [6.07, 6.45) is -2.49. The van der Waals surface area contributed by atoms with Gasteiger partial charge in [0.2, 0.25) is 0 Å². The van der Waals surface area contributed by atoms with Gasteiger partial charge in [-0.2, -0.15) is 13.2 Å². The van der Waals surface area contributed by atoms with Crippen molar-refractivity contribution in [3.63, 3.8) is 0 Å². The van der Waals surface area contributed by atoms with Crippen molar-refractivity contribution in [1.82, 2.24) is 9.55 Å². The summed E-state index contributed by atoms with van der Waals surface area (Å²) >= 11 is 0. The van der Waals surface area contributed by atoms with E-state index in [2.05, 4.69) is 4.98 Å². The highest BCUT2D eigenvalue weighted by molar-refractivity contribution is 5.04. The number of nitrogens with zero attached hydrogens (tertiary/aromatic N) is 2. The molecule has 1 rings (SSSR count). The maximum absolute atomic E-state index is 11.9. The molecule has 1 atom stereocenters. The summed E-state index contributed by atoms with van der Waals surface area (Å²) in [6.45, 7) is 0. The predicted octanol–water partition coefficient (Wildman–Crippen LogP) is 1.37. The maximum atomic E-state index is 11.9. The Hall–Kier alpha value is -1.04. The van der Waals surface area contributed by atoms with Gasteiger partial charge < -0.3 is 10.3 Å². The zero-order valence-electron chi connectivity index (χ0n) is 7.04. The molecule has 0 saturated heterocycles. The van der Waals surface area contributed by atoms with Gasteiger partial charge in [-0.15, -0.1) is 0 Å². The number of aromatic nitrogens is 2. The Labute approximate surface area is 73.4 Å². The number of imidazole rings is 1. The molecule has 13 heavy (non-hydrogen) atoms. The highest BCUT2D eigenvalue weighted by Gasteiger charge is 2.31. The van der Waals surface area contributed by atoms with Crippen molar-refractivity contribution in [3.05, 3.63) is 18.2 Å². The van der Waals surface area contributed by atoms with Crippen LogP contribution in [0.25, 0.3) is 0 Å². The Bertz CT molecular complexity index is 279. The van der Waals surface area contributed by atoms with E-state index < -0.39 is 18.6 Å². The van der Waals surface area contributed by atoms with Crippen LogP contribution in [0, 0.1) is 0 Å². The fourth-order valence-corrected chi connectivity index (χ4v) is 1.08. The monoisotopic (exact) mass is 193 g/mol. The molecule has 1 aromatic heterocycles. The molecule has 0 aliphatic heterocycles. The number of hydrogen-bond donors (Lipinski definition) is 1. The molecule has 0 spiro atoms. The molecule has 0 amide bonds. The van der Waals surface area contributed by atoms with Gasteiger partial charge in [0.05, 0.1) is 24.5 Å². The lowest BCUT2D eigenvalue weighted by Gasteiger charge is -2.13. The van der Waals surface area contributed by atoms with Gasteiger partial charge >= 0.3 is 6.18 Å². The van der Waals surface area contributed by atoms with E-state index in [9.17, 15) is 13.2 Å². The second kappa shape index (κ2) is 3.37. The lowest BCUT2D eigenvalue weighted by atomic mass is 10.1. The standard InChI is InChI=1S/C7H10F3N3/c1-13-4-12-3-6(13)5(11)2-7(8,9)10/h3-5H,2,11H2,1H3/t5-/m0/s1. The zero-order chi connectivity index (χ0) is 10.1. The molecule has 1 aromatic rings. The fraction of sp³-hybridized carbons (Fsp3) is 0.571. The average molecular weight is 193 g/mol. The van der Waals surface area contributed by atoms with E-state index in [1.165, 1.54) is 17.1 Å². The van der Waals surface area contributed by atoms with Crippen LogP contribution in [0.2, 0.25) is 0 Å². The molecular weight excluding hydrogens is 183 g/mol. The number of nitrogens with two attached hydrogens (primary N) is 1. The Morgan fingerprint density at radius 3 is 2.62 bits per heavy atom. The normalized spacial score (nSPS) is 14.5. The first kappa shape index (κ1) is 10.0. The summed E-state index contributed by atoms with van der Waals surface area (Å²) in [4.78, 5) is 3.69. The SMILES string of the molecule is Cn1cncc1[C@@H](N)CC(F)(F)F. The van der Waals surface area contributed by atoms with E-state index in [1.54, 1.807) is 7.05 Å². The third kappa shape index (κ3) is 2.73. The van der Waals surface area contributed by atoms with Crippen LogP contribution in [0.5, 0.6) is 0 Å². The lowest BCUT2D eigenvalue weighted by molar-refractivity contribution is -0.138. The molecular formula is C7H10F3N3. The summed E-state index contributed by atoms with van der Waals surface area (Å²) in [5.74, 6) is 0. The van der Waals surface area contributed by atoms with E-state index >= 15 is 0 Å². The zero-order valence-corrected chi connectivity index (χ0v) is 7.04. The molecule has 0 aromatic carbocycles. The van der Waals surface area contributed by atoms with Crippen LogP contribution in [0.3, 0.4) is 0 Å². The second-order valence-electron chi connectivity index (χ2n) is 2.86. The largest absolute Gasteiger partial charge is 0.390 e. The lowest BCUT2D eigenvalue weighted by Crippen LogP contribution is -2.21. The third-order valence-electron chi connectivity index (χ3n) is 1.69. The third-order valence-corrected chi connectivity index (χ3v) is 1.69. The minimum Gasteiger partial charge on any atom is -0.336 e. The highest BCUT2D eigenvalue weighted by atomic mass is 19.4. The Morgan fingerprint density at radius 2 is 2.23 bits per heavy atom. The molecule has 1 heterocycles. The van der Waals surface area contributed by atoms with Crippen LogP contribution in [0.15, 0.2) is 12.5 Å². The minimum absolute atomic E-state index is 0.386. The molecule has 0 aliphatic rings. The molecule has 6 heteroatoms. The summed E-state index contributed by atoms with van der Waals surface area (Å²) in [7, 11) is 1.61. The number of hydrogen-bond acceptors (Lipinski definition) is 2. The summed E-state index contributed by atoms with van der Waals surface area (Å²) in [5, 5.41) is 0. The van der Waals surface area contributed by atoms with Crippen LogP contribution in [-0.2, 0) is 7.05 Å². The van der Waals surface area contributed by atoms with Crippen molar-refractivity contribution in [3.8, 4) is 0 Å². The van der Waals surface area contributed by atoms with E-state index in [-0.39, 0.29) is 0 Å². The Balaban J connectivity index is 2.69. The van der Waals surface area contributed by atoms with Gasteiger partial charge in [-0.3, -0.25) is 0 Å². The summed E-state index contributed by atoms with van der Waals surface area (Å²) in [6, 6.07) is -1.03. The van der Waals surface area contributed by atoms with Crippen molar-refractivity contribution in [2.75, 3.05) is 0 Å². The van der Waals surface area contributed by atoms with Gasteiger partial charge in [-0.05, 0) is 0 Å². The molecule has 74 valence electrons. The number of aryl methyl sites for hydroxylation is 1. The maximum Gasteiger partial charge on any atom is 0.390 e. The first-order chi connectivity index (χ1) is 5.90. The number of alkyl halides is 3. The van der Waals surface area contributed by atoms with Gasteiger partial charge in [0.15, 0.2) is 0 Å². The van der Waals surface area contributed by atoms with Gasteiger partial charge in [0.25, 0.3) is 0 Å². The van der Waals surface area contributed by atoms with Crippen molar-refractivity contribution >= 4 is 0 Å². The van der Waals surface area contributed by atoms with Gasteiger partial charge in [0, 0.05) is 13.2 Å². The van der Waals surface area contributed by atoms with E-state index in [1.807, 2.05) is 0 Å². The Kier molecular flexibility index (Phi) is 2.60. The Morgan fingerprint density at radius 1 is 1.62 bits per heavy atom. The van der Waals surface area contributed by atoms with E-state index in [4.69, 9.17) is 5.73 Å². The predicted molar refractivity (Wildman–Crippen MR) is 40.8 cm³/mol. The molecule has 0 unspecified atom stereocenters. The quantitative estimate of drug-likeness (QED) is 0.770. The van der Waals surface area contributed by atoms with Gasteiger partial charge in [0.1, 0.15) is 0 Å². The van der Waals surface area contributed by atoms with Crippen LogP contribution < -0.4 is 5.73 Å². The average Bonchev–Trinajstić information content (AvgIpc) is 2.30. The van der Waals surface area contributed by atoms with Crippen molar-refractivity contribution < 1.29 is 13.2 Å². The topological polar surface area (TPSA) is 43.8 Å². The molecule has 0 radical (unpaired) electrons. The van der Waals surface area contributed by atoms with Crippen LogP contribution in [-0.4, -0.2) is 15.7 Å². The number of rotatable bonds is 2. The van der Waals surface area contributed by atoms with E-state index in [0.29, 0.717) is 5.69 Å². The van der Waals surface area contributed by atoms with Crippen molar-refractivity contribution in [2.24, 2.45) is 12.8 Å². The minimum atomic E-state index is -4.23. The van der Waals surface area contributed by atoms with Crippen LogP contribution >= 0.6 is 0 Å². The smallest absolute Gasteiger partial charge is 0.336 e. The highest BCUT2D eigenvalue weighted by Crippen LogP contribution is 2.27. The van der Waals surface area contributed by atoms with Crippen molar-refractivity contribution in [2.45, 2.75) is 18.6 Å². The van der Waals surface area contributed by atoms with Crippen LogP contribution in [0.1, 0.15) is 18.2 Å². The van der Waals surface area contributed by atoms with E-state index in [0.717, 1.165) is 0 Å². The molecule has 0 saturated carbocycles. The van der Waals surface area contributed by atoms with Crippen molar-refractivity contribution in [1.29, 1.82) is 0 Å².